The Kier molecular flexibility index (Phi) is 7.58. The zero-order valence-electron chi connectivity index (χ0n) is 15.6. The monoisotopic (exact) mass is 419 g/mol. The van der Waals surface area contributed by atoms with Crippen LogP contribution in [0.4, 0.5) is 0 Å². The minimum atomic E-state index is -3.91. The van der Waals surface area contributed by atoms with Gasteiger partial charge in [0.1, 0.15) is 12.6 Å². The van der Waals surface area contributed by atoms with E-state index in [0.29, 0.717) is 11.4 Å². The van der Waals surface area contributed by atoms with Gasteiger partial charge < -0.3 is 5.32 Å². The van der Waals surface area contributed by atoms with Gasteiger partial charge in [-0.15, -0.1) is 0 Å². The Labute approximate surface area is 170 Å². The van der Waals surface area contributed by atoms with E-state index in [1.807, 2.05) is 38.1 Å². The minimum Gasteiger partial charge on any atom is -0.342 e. The molecule has 28 heavy (non-hydrogen) atoms. The second-order valence-corrected chi connectivity index (χ2v) is 8.80. The van der Waals surface area contributed by atoms with Gasteiger partial charge >= 0.3 is 0 Å². The van der Waals surface area contributed by atoms with Gasteiger partial charge in [-0.2, -0.15) is 9.98 Å². The van der Waals surface area contributed by atoms with Gasteiger partial charge in [-0.25, -0.2) is 8.42 Å². The van der Waals surface area contributed by atoms with Gasteiger partial charge in [0.25, 0.3) is 0 Å². The van der Waals surface area contributed by atoms with E-state index < -0.39 is 22.0 Å². The lowest BCUT2D eigenvalue weighted by molar-refractivity contribution is -0.122. The van der Waals surface area contributed by atoms with Crippen molar-refractivity contribution >= 4 is 27.5 Å². The number of benzene rings is 2. The van der Waals surface area contributed by atoms with Crippen LogP contribution in [0.15, 0.2) is 53.4 Å². The molecule has 8 heteroatoms. The number of hydrogen-bond acceptors (Lipinski definition) is 4. The van der Waals surface area contributed by atoms with E-state index in [1.54, 1.807) is 18.2 Å². The highest BCUT2D eigenvalue weighted by molar-refractivity contribution is 7.89. The Hall–Kier alpha value is -2.40. The summed E-state index contributed by atoms with van der Waals surface area (Å²) >= 11 is 6.18. The predicted molar refractivity (Wildman–Crippen MR) is 109 cm³/mol. The average molecular weight is 420 g/mol. The quantitative estimate of drug-likeness (QED) is 0.641. The molecule has 2 aromatic carbocycles. The van der Waals surface area contributed by atoms with E-state index in [9.17, 15) is 13.2 Å². The maximum Gasteiger partial charge on any atom is 0.241 e. The smallest absolute Gasteiger partial charge is 0.241 e. The van der Waals surface area contributed by atoms with Gasteiger partial charge in [0.15, 0.2) is 0 Å². The molecule has 0 heterocycles. The lowest BCUT2D eigenvalue weighted by Crippen LogP contribution is -2.47. The highest BCUT2D eigenvalue weighted by atomic mass is 35.5. The Morgan fingerprint density at radius 2 is 1.79 bits per heavy atom. The standard InChI is InChI=1S/C20H22ClN3O3S/c1-14(2)13-19(20(25)23-12-11-22)24-28(26,27)16-9-7-15(8-10-16)17-5-3-4-6-18(17)21/h3-10,14,19,24H,12-13H2,1-2H3,(H,23,25)/t19-/m0/s1. The molecule has 0 bridgehead atoms. The molecule has 0 aliphatic rings. The highest BCUT2D eigenvalue weighted by Gasteiger charge is 2.26. The number of hydrogen-bond donors (Lipinski definition) is 2. The third-order valence-electron chi connectivity index (χ3n) is 4.01. The SMILES string of the molecule is CC(C)C[C@H](NS(=O)(=O)c1ccc(-c2ccccc2Cl)cc1)C(=O)NCC#N. The van der Waals surface area contributed by atoms with Crippen molar-refractivity contribution in [2.45, 2.75) is 31.2 Å². The topological polar surface area (TPSA) is 99.1 Å². The van der Waals surface area contributed by atoms with Crippen LogP contribution >= 0.6 is 11.6 Å². The molecule has 6 nitrogen and oxygen atoms in total. The Morgan fingerprint density at radius 1 is 1.14 bits per heavy atom. The summed E-state index contributed by atoms with van der Waals surface area (Å²) in [5.74, 6) is -0.436. The minimum absolute atomic E-state index is 0.0464. The van der Waals surface area contributed by atoms with E-state index in [-0.39, 0.29) is 17.4 Å². The number of rotatable bonds is 8. The van der Waals surface area contributed by atoms with Gasteiger partial charge in [-0.3, -0.25) is 4.79 Å². The van der Waals surface area contributed by atoms with Crippen molar-refractivity contribution in [2.24, 2.45) is 5.92 Å². The number of carbonyl (C=O) groups is 1. The predicted octanol–water partition coefficient (Wildman–Crippen LogP) is 3.34. The van der Waals surface area contributed by atoms with Crippen LogP contribution in [0.1, 0.15) is 20.3 Å². The average Bonchev–Trinajstić information content (AvgIpc) is 2.65. The van der Waals surface area contributed by atoms with Gasteiger partial charge in [0.05, 0.1) is 11.0 Å². The summed E-state index contributed by atoms with van der Waals surface area (Å²) in [6.07, 6.45) is 0.314. The molecule has 2 aromatic rings. The van der Waals surface area contributed by atoms with E-state index in [0.717, 1.165) is 11.1 Å². The first kappa shape index (κ1) is 21.9. The van der Waals surface area contributed by atoms with Gasteiger partial charge in [0, 0.05) is 10.6 Å². The summed E-state index contributed by atoms with van der Waals surface area (Å²) in [7, 11) is -3.91. The number of nitrogens with one attached hydrogen (secondary N) is 2. The molecule has 0 aromatic heterocycles. The molecule has 0 aliphatic carbocycles. The first-order valence-electron chi connectivity index (χ1n) is 8.76. The van der Waals surface area contributed by atoms with Crippen LogP contribution in [0, 0.1) is 17.2 Å². The zero-order valence-corrected chi connectivity index (χ0v) is 17.2. The van der Waals surface area contributed by atoms with Crippen molar-refractivity contribution in [3.8, 4) is 17.2 Å². The van der Waals surface area contributed by atoms with E-state index in [1.165, 1.54) is 12.1 Å². The van der Waals surface area contributed by atoms with Crippen LogP contribution in [0.3, 0.4) is 0 Å². The normalized spacial score (nSPS) is 12.4. The number of amides is 1. The molecule has 0 saturated heterocycles. The van der Waals surface area contributed by atoms with Crippen LogP contribution in [-0.4, -0.2) is 26.9 Å². The number of nitriles is 1. The van der Waals surface area contributed by atoms with Crippen molar-refractivity contribution in [1.82, 2.24) is 10.0 Å². The van der Waals surface area contributed by atoms with Crippen molar-refractivity contribution in [1.29, 1.82) is 5.26 Å². The van der Waals surface area contributed by atoms with Crippen LogP contribution in [0.5, 0.6) is 0 Å². The first-order valence-corrected chi connectivity index (χ1v) is 10.6. The Bertz CT molecular complexity index is 967. The van der Waals surface area contributed by atoms with Crippen LogP contribution in [0.25, 0.3) is 11.1 Å². The molecular formula is C20H22ClN3O3S. The Balaban J connectivity index is 2.23. The Morgan fingerprint density at radius 3 is 2.36 bits per heavy atom. The zero-order chi connectivity index (χ0) is 20.7. The summed E-state index contributed by atoms with van der Waals surface area (Å²) in [5.41, 5.74) is 1.59. The molecule has 1 amide bonds. The summed E-state index contributed by atoms with van der Waals surface area (Å²) in [6.45, 7) is 3.59. The molecule has 0 unspecified atom stereocenters. The third-order valence-corrected chi connectivity index (χ3v) is 5.83. The molecular weight excluding hydrogens is 398 g/mol. The fourth-order valence-electron chi connectivity index (χ4n) is 2.69. The maximum absolute atomic E-state index is 12.7. The van der Waals surface area contributed by atoms with Gasteiger partial charge in [-0.1, -0.05) is 55.8 Å². The second kappa shape index (κ2) is 9.69. The number of nitrogens with zero attached hydrogens (tertiary/aromatic N) is 1. The van der Waals surface area contributed by atoms with Crippen molar-refractivity contribution in [2.75, 3.05) is 6.54 Å². The van der Waals surface area contributed by atoms with E-state index in [2.05, 4.69) is 10.0 Å². The molecule has 0 saturated carbocycles. The maximum atomic E-state index is 12.7. The number of halogens is 1. The molecule has 148 valence electrons. The largest absolute Gasteiger partial charge is 0.342 e. The molecule has 0 spiro atoms. The van der Waals surface area contributed by atoms with Gasteiger partial charge in [0.2, 0.25) is 15.9 Å². The van der Waals surface area contributed by atoms with E-state index >= 15 is 0 Å². The molecule has 2 rings (SSSR count). The molecule has 2 N–H and O–H groups in total. The van der Waals surface area contributed by atoms with Crippen LogP contribution in [0.2, 0.25) is 5.02 Å². The van der Waals surface area contributed by atoms with Crippen molar-refractivity contribution < 1.29 is 13.2 Å². The van der Waals surface area contributed by atoms with E-state index in [4.69, 9.17) is 16.9 Å². The molecule has 0 aliphatic heterocycles. The highest BCUT2D eigenvalue weighted by Crippen LogP contribution is 2.28. The summed E-state index contributed by atoms with van der Waals surface area (Å²) in [4.78, 5) is 12.3. The second-order valence-electron chi connectivity index (χ2n) is 6.68. The van der Waals surface area contributed by atoms with Crippen molar-refractivity contribution in [3.05, 3.63) is 53.6 Å². The first-order chi connectivity index (χ1) is 13.2. The van der Waals surface area contributed by atoms with Crippen molar-refractivity contribution in [3.63, 3.8) is 0 Å². The lowest BCUT2D eigenvalue weighted by atomic mass is 10.0. The summed E-state index contributed by atoms with van der Waals surface area (Å²) < 4.78 is 27.9. The van der Waals surface area contributed by atoms with Gasteiger partial charge in [-0.05, 0) is 36.1 Å². The van der Waals surface area contributed by atoms with Crippen LogP contribution in [-0.2, 0) is 14.8 Å². The fourth-order valence-corrected chi connectivity index (χ4v) is 4.15. The van der Waals surface area contributed by atoms with Crippen LogP contribution < -0.4 is 10.0 Å². The fraction of sp³-hybridized carbons (Fsp3) is 0.300. The lowest BCUT2D eigenvalue weighted by Gasteiger charge is -2.19. The third kappa shape index (κ3) is 5.80. The summed E-state index contributed by atoms with van der Waals surface area (Å²) in [6, 6.07) is 14.4. The number of sulfonamides is 1. The molecule has 1 atom stereocenters. The molecule has 0 radical (unpaired) electrons. The summed E-state index contributed by atoms with van der Waals surface area (Å²) in [5, 5.41) is 11.6. The molecule has 0 fully saturated rings. The number of carbonyl (C=O) groups excluding carboxylic acids is 1.